The maximum absolute atomic E-state index is 5.13. The largest absolute Gasteiger partial charge is 0.341 e. The Morgan fingerprint density at radius 3 is 2.72 bits per heavy atom. The van der Waals surface area contributed by atoms with Gasteiger partial charge in [-0.15, -0.1) is 10.2 Å². The monoisotopic (exact) mass is 427 g/mol. The molecule has 5 heterocycles. The van der Waals surface area contributed by atoms with E-state index in [1.165, 1.54) is 25.7 Å². The summed E-state index contributed by atoms with van der Waals surface area (Å²) >= 11 is 0. The van der Waals surface area contributed by atoms with E-state index in [2.05, 4.69) is 36.6 Å². The van der Waals surface area contributed by atoms with Crippen LogP contribution in [0.4, 0.5) is 5.82 Å². The zero-order chi connectivity index (χ0) is 21.7. The summed E-state index contributed by atoms with van der Waals surface area (Å²) in [5.41, 5.74) is 1.88. The van der Waals surface area contributed by atoms with Crippen molar-refractivity contribution in [3.63, 3.8) is 0 Å². The van der Waals surface area contributed by atoms with Crippen LogP contribution < -0.4 is 4.90 Å². The first-order chi connectivity index (χ1) is 15.8. The Bertz CT molecular complexity index is 1250. The number of pyridine rings is 1. The Morgan fingerprint density at radius 2 is 1.94 bits per heavy atom. The second-order valence-corrected chi connectivity index (χ2v) is 8.45. The maximum Gasteiger partial charge on any atom is 0.237 e. The first kappa shape index (κ1) is 19.1. The highest BCUT2D eigenvalue weighted by Crippen LogP contribution is 2.43. The van der Waals surface area contributed by atoms with Crippen LogP contribution in [-0.4, -0.2) is 45.3 Å². The Hall–Kier alpha value is -3.62. The van der Waals surface area contributed by atoms with Crippen molar-refractivity contribution in [2.75, 3.05) is 4.90 Å². The van der Waals surface area contributed by atoms with Gasteiger partial charge in [0, 0.05) is 36.4 Å². The van der Waals surface area contributed by atoms with E-state index in [4.69, 9.17) is 9.97 Å². The summed E-state index contributed by atoms with van der Waals surface area (Å²) in [7, 11) is 0. The van der Waals surface area contributed by atoms with Crippen LogP contribution in [0.25, 0.3) is 23.0 Å². The van der Waals surface area contributed by atoms with E-state index in [0.717, 1.165) is 41.0 Å². The predicted molar refractivity (Wildman–Crippen MR) is 120 cm³/mol. The summed E-state index contributed by atoms with van der Waals surface area (Å²) in [5, 5.41) is 8.94. The minimum atomic E-state index is 0.148. The van der Waals surface area contributed by atoms with Gasteiger partial charge in [0.05, 0.1) is 12.2 Å². The third-order valence-electron chi connectivity index (χ3n) is 6.59. The number of aromatic nitrogens is 8. The van der Waals surface area contributed by atoms with Gasteiger partial charge in [0.2, 0.25) is 5.95 Å². The molecule has 0 aromatic carbocycles. The molecule has 0 saturated heterocycles. The van der Waals surface area contributed by atoms with Crippen molar-refractivity contribution in [2.24, 2.45) is 0 Å². The number of hydrogen-bond acceptors (Lipinski definition) is 7. The third kappa shape index (κ3) is 2.84. The molecule has 0 N–H and O–H groups in total. The molecule has 1 aliphatic heterocycles. The van der Waals surface area contributed by atoms with Gasteiger partial charge in [-0.1, -0.05) is 19.8 Å². The number of nitrogens with zero attached hydrogens (tertiary/aromatic N) is 9. The molecular formula is C23H25N9. The fourth-order valence-corrected chi connectivity index (χ4v) is 5.15. The summed E-state index contributed by atoms with van der Waals surface area (Å²) in [4.78, 5) is 21.1. The molecule has 4 aromatic heterocycles. The summed E-state index contributed by atoms with van der Waals surface area (Å²) in [6, 6.07) is 4.50. The molecule has 162 valence electrons. The molecule has 4 aromatic rings. The van der Waals surface area contributed by atoms with Crippen molar-refractivity contribution in [3.05, 3.63) is 54.8 Å². The summed E-state index contributed by atoms with van der Waals surface area (Å²) < 4.78 is 4.05. The molecule has 9 nitrogen and oxygen atoms in total. The second kappa shape index (κ2) is 7.51. The van der Waals surface area contributed by atoms with E-state index in [-0.39, 0.29) is 6.04 Å². The van der Waals surface area contributed by atoms with Crippen LogP contribution in [-0.2, 0) is 0 Å². The van der Waals surface area contributed by atoms with Gasteiger partial charge >= 0.3 is 0 Å². The van der Waals surface area contributed by atoms with Crippen molar-refractivity contribution in [1.29, 1.82) is 0 Å². The van der Waals surface area contributed by atoms with Crippen LogP contribution in [0.2, 0.25) is 0 Å². The molecule has 0 bridgehead atoms. The smallest absolute Gasteiger partial charge is 0.237 e. The van der Waals surface area contributed by atoms with E-state index in [1.54, 1.807) is 12.4 Å². The third-order valence-corrected chi connectivity index (χ3v) is 6.59. The second-order valence-electron chi connectivity index (χ2n) is 8.45. The number of anilines is 1. The first-order valence-corrected chi connectivity index (χ1v) is 11.3. The summed E-state index contributed by atoms with van der Waals surface area (Å²) in [6.07, 6.45) is 14.9. The van der Waals surface area contributed by atoms with Crippen LogP contribution in [0.5, 0.6) is 0 Å². The van der Waals surface area contributed by atoms with Crippen LogP contribution in [0, 0.1) is 6.92 Å². The topological polar surface area (TPSA) is 90.4 Å². The zero-order valence-corrected chi connectivity index (χ0v) is 18.3. The SMILES string of the molecule is CC[C@@H]1c2nnc(C)n2-c2cnc(-n3ccnc3-c3cccnc3)nc2N1C1CCCC1. The van der Waals surface area contributed by atoms with Gasteiger partial charge in [0.25, 0.3) is 0 Å². The zero-order valence-electron chi connectivity index (χ0n) is 18.3. The normalized spacial score (nSPS) is 18.1. The maximum atomic E-state index is 5.13. The van der Waals surface area contributed by atoms with Gasteiger partial charge in [-0.3, -0.25) is 14.1 Å². The number of imidazole rings is 1. The van der Waals surface area contributed by atoms with Gasteiger partial charge in [0.15, 0.2) is 11.6 Å². The van der Waals surface area contributed by atoms with Crippen molar-refractivity contribution >= 4 is 5.82 Å². The van der Waals surface area contributed by atoms with Crippen molar-refractivity contribution in [3.8, 4) is 23.0 Å². The molecule has 1 saturated carbocycles. The lowest BCUT2D eigenvalue weighted by atomic mass is 10.0. The van der Waals surface area contributed by atoms with E-state index in [0.29, 0.717) is 12.0 Å². The highest BCUT2D eigenvalue weighted by Gasteiger charge is 2.39. The Kier molecular flexibility index (Phi) is 4.48. The van der Waals surface area contributed by atoms with E-state index < -0.39 is 0 Å². The molecular weight excluding hydrogens is 402 g/mol. The molecule has 0 amide bonds. The Labute approximate surface area is 186 Å². The number of fused-ring (bicyclic) bond motifs is 3. The van der Waals surface area contributed by atoms with Gasteiger partial charge in [-0.05, 0) is 38.3 Å². The highest BCUT2D eigenvalue weighted by atomic mass is 15.4. The number of rotatable bonds is 4. The standard InChI is InChI=1S/C23H25N9/c1-3-18-22-29-28-15(2)31(22)19-14-26-23(27-21(19)32(18)17-8-4-5-9-17)30-12-11-25-20(30)16-7-6-10-24-13-16/h6-7,10-14,17-18H,3-5,8-9H2,1-2H3/t18-/m1/s1. The quantitative estimate of drug-likeness (QED) is 0.489. The van der Waals surface area contributed by atoms with Gasteiger partial charge in [0.1, 0.15) is 17.3 Å². The number of aryl methyl sites for hydroxylation is 1. The number of hydrogen-bond donors (Lipinski definition) is 0. The average molecular weight is 428 g/mol. The van der Waals surface area contributed by atoms with Crippen LogP contribution in [0.15, 0.2) is 43.1 Å². The van der Waals surface area contributed by atoms with E-state index in [9.17, 15) is 0 Å². The molecule has 1 fully saturated rings. The lowest BCUT2D eigenvalue weighted by molar-refractivity contribution is 0.467. The van der Waals surface area contributed by atoms with Crippen LogP contribution >= 0.6 is 0 Å². The van der Waals surface area contributed by atoms with Crippen LogP contribution in [0.1, 0.15) is 56.7 Å². The molecule has 0 unspecified atom stereocenters. The van der Waals surface area contributed by atoms with Gasteiger partial charge in [-0.2, -0.15) is 4.98 Å². The average Bonchev–Trinajstić information content (AvgIpc) is 3.60. The van der Waals surface area contributed by atoms with Gasteiger partial charge in [-0.25, -0.2) is 9.97 Å². The lowest BCUT2D eigenvalue weighted by Crippen LogP contribution is -2.42. The molecule has 32 heavy (non-hydrogen) atoms. The van der Waals surface area contributed by atoms with Crippen LogP contribution in [0.3, 0.4) is 0 Å². The summed E-state index contributed by atoms with van der Waals surface area (Å²) in [5.74, 6) is 4.18. The fraction of sp³-hybridized carbons (Fsp3) is 0.391. The predicted octanol–water partition coefficient (Wildman–Crippen LogP) is 3.83. The van der Waals surface area contributed by atoms with Crippen molar-refractivity contribution in [2.45, 2.75) is 58.0 Å². The van der Waals surface area contributed by atoms with E-state index >= 15 is 0 Å². The molecule has 2 aliphatic rings. The van der Waals surface area contributed by atoms with Gasteiger partial charge < -0.3 is 4.90 Å². The highest BCUT2D eigenvalue weighted by molar-refractivity contribution is 5.64. The first-order valence-electron chi connectivity index (χ1n) is 11.3. The molecule has 0 radical (unpaired) electrons. The molecule has 9 heteroatoms. The Balaban J connectivity index is 1.53. The minimum absolute atomic E-state index is 0.148. The lowest BCUT2D eigenvalue weighted by Gasteiger charge is -2.41. The summed E-state index contributed by atoms with van der Waals surface area (Å²) in [6.45, 7) is 4.20. The molecule has 6 rings (SSSR count). The molecule has 1 atom stereocenters. The fourth-order valence-electron chi connectivity index (χ4n) is 5.15. The molecule has 1 aliphatic carbocycles. The Morgan fingerprint density at radius 1 is 1.06 bits per heavy atom. The van der Waals surface area contributed by atoms with Crippen molar-refractivity contribution < 1.29 is 0 Å². The minimum Gasteiger partial charge on any atom is -0.341 e. The van der Waals surface area contributed by atoms with E-state index in [1.807, 2.05) is 42.2 Å². The van der Waals surface area contributed by atoms with Crippen molar-refractivity contribution in [1.82, 2.24) is 39.3 Å². The molecule has 0 spiro atoms.